The maximum atomic E-state index is 5.35. The zero-order valence-electron chi connectivity index (χ0n) is 10.5. The van der Waals surface area contributed by atoms with Crippen LogP contribution in [-0.4, -0.2) is 28.2 Å². The summed E-state index contributed by atoms with van der Waals surface area (Å²) in [5, 5.41) is 3.61. The van der Waals surface area contributed by atoms with E-state index < -0.39 is 0 Å². The Hall–Kier alpha value is -1.85. The van der Waals surface area contributed by atoms with Gasteiger partial charge in [-0.15, -0.1) is 0 Å². The molecule has 0 amide bonds. The summed E-state index contributed by atoms with van der Waals surface area (Å²) >= 11 is 0. The first-order chi connectivity index (χ1) is 8.88. The van der Waals surface area contributed by atoms with Crippen LogP contribution in [0.2, 0.25) is 0 Å². The highest BCUT2D eigenvalue weighted by atomic mass is 79.9. The topological polar surface area (TPSA) is 18.7 Å². The lowest BCUT2D eigenvalue weighted by Gasteiger charge is -2.27. The van der Waals surface area contributed by atoms with Crippen LogP contribution in [0.1, 0.15) is 0 Å². The summed E-state index contributed by atoms with van der Waals surface area (Å²) in [5.74, 6) is 0. The number of hydroxylamine groups is 1. The third kappa shape index (κ3) is 2.62. The number of halogens is 1. The van der Waals surface area contributed by atoms with Crippen molar-refractivity contribution in [3.63, 3.8) is 0 Å². The van der Waals surface area contributed by atoms with Gasteiger partial charge in [-0.25, -0.2) is 0 Å². The van der Waals surface area contributed by atoms with Crippen molar-refractivity contribution < 1.29 is 26.4 Å². The van der Waals surface area contributed by atoms with Gasteiger partial charge in [0.05, 0.1) is 13.3 Å². The molecule has 0 unspecified atom stereocenters. The van der Waals surface area contributed by atoms with Crippen molar-refractivity contribution >= 4 is 12.0 Å². The quantitative estimate of drug-likeness (QED) is 0.677. The lowest BCUT2D eigenvalue weighted by Crippen LogP contribution is -3.00. The van der Waals surface area contributed by atoms with Gasteiger partial charge in [0, 0.05) is 0 Å². The summed E-state index contributed by atoms with van der Waals surface area (Å²) in [6, 6.07) is 10.1. The molecule has 0 radical (unpaired) electrons. The van der Waals surface area contributed by atoms with Crippen molar-refractivity contribution in [3.05, 3.63) is 66.7 Å². The number of allylic oxidation sites excluding steroid dienone is 3. The van der Waals surface area contributed by atoms with Crippen LogP contribution in [0, 0.1) is 0 Å². The first kappa shape index (κ1) is 13.6. The molecule has 2 heterocycles. The van der Waals surface area contributed by atoms with Crippen LogP contribution in [0.3, 0.4) is 0 Å². The average Bonchev–Trinajstić information content (AvgIpc) is 2.47. The van der Waals surface area contributed by atoms with Gasteiger partial charge in [0.15, 0.2) is 0 Å². The Kier molecular flexibility index (Phi) is 4.19. The number of benzene rings is 1. The number of hydrogen-bond donors (Lipinski definition) is 0. The summed E-state index contributed by atoms with van der Waals surface area (Å²) in [6.07, 6.45) is 11.9. The monoisotopic (exact) mass is 319 g/mol. The molecule has 0 atom stereocenters. The minimum Gasteiger partial charge on any atom is -1.00 e. The molecule has 2 aliphatic rings. The summed E-state index contributed by atoms with van der Waals surface area (Å²) < 4.78 is 2.03. The van der Waals surface area contributed by atoms with Gasteiger partial charge in [0.1, 0.15) is 17.6 Å². The summed E-state index contributed by atoms with van der Waals surface area (Å²) in [7, 11) is 1.65. The van der Waals surface area contributed by atoms with Gasteiger partial charge in [-0.3, -0.25) is 0 Å². The number of fused-ring (bicyclic) bond motifs is 1. The van der Waals surface area contributed by atoms with E-state index in [-0.39, 0.29) is 17.0 Å². The second-order valence-corrected chi connectivity index (χ2v) is 3.94. The van der Waals surface area contributed by atoms with Crippen molar-refractivity contribution in [1.82, 2.24) is 10.2 Å². The lowest BCUT2D eigenvalue weighted by molar-refractivity contribution is -0.389. The molecule has 2 aliphatic heterocycles. The third-order valence-corrected chi connectivity index (χ3v) is 2.82. The maximum absolute atomic E-state index is 5.35. The van der Waals surface area contributed by atoms with Gasteiger partial charge in [-0.05, 0) is 29.5 Å². The molecule has 1 aromatic rings. The molecular formula is C14H14BrN3O. The molecule has 4 nitrogen and oxygen atoms in total. The fourth-order valence-electron chi connectivity index (χ4n) is 1.94. The second-order valence-electron chi connectivity index (χ2n) is 3.94. The van der Waals surface area contributed by atoms with Crippen molar-refractivity contribution in [2.45, 2.75) is 0 Å². The Morgan fingerprint density at radius 2 is 1.89 bits per heavy atom. The normalized spacial score (nSPS) is 16.5. The molecule has 0 bridgehead atoms. The summed E-state index contributed by atoms with van der Waals surface area (Å²) in [5.41, 5.74) is 2.14. The third-order valence-electron chi connectivity index (χ3n) is 2.82. The molecule has 0 saturated heterocycles. The Morgan fingerprint density at radius 3 is 2.63 bits per heavy atom. The molecule has 0 aromatic heterocycles. The van der Waals surface area contributed by atoms with E-state index >= 15 is 0 Å². The second kappa shape index (κ2) is 5.86. The minimum atomic E-state index is 0. The number of nitrogens with zero attached hydrogens (tertiary/aromatic N) is 3. The van der Waals surface area contributed by atoms with E-state index in [0.717, 1.165) is 11.4 Å². The Bertz CT molecular complexity index is 563. The Balaban J connectivity index is 0.00000133. The first-order valence-electron chi connectivity index (χ1n) is 5.76. The average molecular weight is 320 g/mol. The van der Waals surface area contributed by atoms with Crippen LogP contribution in [0.4, 0.5) is 5.69 Å². The SMILES string of the molecule is CON1C=[N+](c2ccccc2)C=C2C=CC=CN21.[Br-]. The molecule has 98 valence electrons. The number of hydrogen-bond acceptors (Lipinski definition) is 3. The zero-order valence-corrected chi connectivity index (χ0v) is 12.1. The highest BCUT2D eigenvalue weighted by Crippen LogP contribution is 2.21. The van der Waals surface area contributed by atoms with Crippen LogP contribution >= 0.6 is 0 Å². The molecule has 0 spiro atoms. The highest BCUT2D eigenvalue weighted by molar-refractivity contribution is 5.53. The molecule has 19 heavy (non-hydrogen) atoms. The van der Waals surface area contributed by atoms with Gasteiger partial charge >= 0.3 is 6.34 Å². The molecule has 0 saturated carbocycles. The molecular weight excluding hydrogens is 306 g/mol. The van der Waals surface area contributed by atoms with E-state index in [2.05, 4.69) is 18.3 Å². The molecule has 0 N–H and O–H groups in total. The smallest absolute Gasteiger partial charge is 0.302 e. The van der Waals surface area contributed by atoms with Crippen molar-refractivity contribution in [2.75, 3.05) is 7.11 Å². The van der Waals surface area contributed by atoms with Crippen LogP contribution in [-0.2, 0) is 4.84 Å². The van der Waals surface area contributed by atoms with Crippen LogP contribution in [0.15, 0.2) is 66.7 Å². The molecule has 5 heteroatoms. The van der Waals surface area contributed by atoms with Crippen molar-refractivity contribution in [1.29, 1.82) is 0 Å². The molecule has 3 rings (SSSR count). The largest absolute Gasteiger partial charge is 1.00 e. The summed E-state index contributed by atoms with van der Waals surface area (Å²) in [6.45, 7) is 0. The van der Waals surface area contributed by atoms with Crippen LogP contribution in [0.5, 0.6) is 0 Å². The van der Waals surface area contributed by atoms with E-state index in [1.54, 1.807) is 12.3 Å². The van der Waals surface area contributed by atoms with Crippen LogP contribution < -0.4 is 17.0 Å². The van der Waals surface area contributed by atoms with Gasteiger partial charge in [-0.1, -0.05) is 24.3 Å². The summed E-state index contributed by atoms with van der Waals surface area (Å²) in [4.78, 5) is 5.35. The predicted molar refractivity (Wildman–Crippen MR) is 69.5 cm³/mol. The fraction of sp³-hybridized carbons (Fsp3) is 0.0714. The Morgan fingerprint density at radius 1 is 1.11 bits per heavy atom. The van der Waals surface area contributed by atoms with Gasteiger partial charge in [0.2, 0.25) is 0 Å². The van der Waals surface area contributed by atoms with Gasteiger partial charge in [-0.2, -0.15) is 14.4 Å². The van der Waals surface area contributed by atoms with Crippen LogP contribution in [0.25, 0.3) is 0 Å². The zero-order chi connectivity index (χ0) is 12.4. The molecule has 0 fully saturated rings. The predicted octanol–water partition coefficient (Wildman–Crippen LogP) is -0.618. The van der Waals surface area contributed by atoms with E-state index in [4.69, 9.17) is 4.84 Å². The highest BCUT2D eigenvalue weighted by Gasteiger charge is 2.27. The van der Waals surface area contributed by atoms with E-state index in [1.165, 1.54) is 0 Å². The number of rotatable bonds is 2. The van der Waals surface area contributed by atoms with Crippen molar-refractivity contribution in [3.8, 4) is 0 Å². The lowest BCUT2D eigenvalue weighted by atomic mass is 10.3. The van der Waals surface area contributed by atoms with E-state index in [0.29, 0.717) is 0 Å². The first-order valence-corrected chi connectivity index (χ1v) is 5.76. The number of para-hydroxylation sites is 1. The van der Waals surface area contributed by atoms with Crippen molar-refractivity contribution in [2.24, 2.45) is 0 Å². The van der Waals surface area contributed by atoms with Gasteiger partial charge in [0.25, 0.3) is 0 Å². The van der Waals surface area contributed by atoms with Gasteiger partial charge < -0.3 is 17.0 Å². The maximum Gasteiger partial charge on any atom is 0.302 e. The fourth-order valence-corrected chi connectivity index (χ4v) is 1.94. The molecule has 1 aromatic carbocycles. The minimum absolute atomic E-state index is 0. The van der Waals surface area contributed by atoms with E-state index in [9.17, 15) is 0 Å². The standard InChI is InChI=1S/C14H14N3O.BrH/c1-18-17-12-15(13-7-3-2-4-8-13)11-14-9-5-6-10-16(14)17;/h2-12H,1H3;1H/q+1;/p-1. The Labute approximate surface area is 122 Å². The number of hydrazine groups is 1. The molecule has 0 aliphatic carbocycles. The van der Waals surface area contributed by atoms with E-state index in [1.807, 2.05) is 58.6 Å².